The molecular formula is C28H34N2O5S. The third kappa shape index (κ3) is 10.7. The smallest absolute Gasteiger partial charge is 0.375 e. The van der Waals surface area contributed by atoms with E-state index in [9.17, 15) is 0 Å². The summed E-state index contributed by atoms with van der Waals surface area (Å²) >= 11 is 0. The van der Waals surface area contributed by atoms with Crippen molar-refractivity contribution < 1.29 is 22.3 Å². The molecule has 7 nitrogen and oxygen atoms in total. The van der Waals surface area contributed by atoms with Gasteiger partial charge >= 0.3 is 10.4 Å². The van der Waals surface area contributed by atoms with Gasteiger partial charge in [0, 0.05) is 32.7 Å². The summed E-state index contributed by atoms with van der Waals surface area (Å²) in [6.07, 6.45) is 5.53. The summed E-state index contributed by atoms with van der Waals surface area (Å²) in [6.45, 7) is 6.02. The molecule has 1 aliphatic heterocycles. The number of hydrogen-bond acceptors (Lipinski definition) is 5. The SMILES string of the molecule is C(=C\N1CCN(CCOC(c2ccccc2)c2ccccc2)CC1)/Cc1ccccc1.O=S(=O)(O)O. The van der Waals surface area contributed by atoms with Crippen molar-refractivity contribution in [2.24, 2.45) is 0 Å². The van der Waals surface area contributed by atoms with Crippen LogP contribution in [0.3, 0.4) is 0 Å². The predicted octanol–water partition coefficient (Wildman–Crippen LogP) is 4.51. The van der Waals surface area contributed by atoms with Crippen LogP contribution in [0.25, 0.3) is 0 Å². The fourth-order valence-electron chi connectivity index (χ4n) is 4.03. The number of benzene rings is 3. The fraction of sp³-hybridized carbons (Fsp3) is 0.286. The molecule has 0 aliphatic carbocycles. The van der Waals surface area contributed by atoms with Crippen LogP contribution in [0.1, 0.15) is 22.8 Å². The Hall–Kier alpha value is -3.01. The largest absolute Gasteiger partial charge is 0.394 e. The molecule has 1 saturated heterocycles. The zero-order chi connectivity index (χ0) is 25.6. The molecular weight excluding hydrogens is 476 g/mol. The molecule has 2 N–H and O–H groups in total. The first-order valence-electron chi connectivity index (χ1n) is 12.0. The topological polar surface area (TPSA) is 90.3 Å². The lowest BCUT2D eigenvalue weighted by molar-refractivity contribution is 0.0502. The van der Waals surface area contributed by atoms with Gasteiger partial charge in [-0.3, -0.25) is 14.0 Å². The number of rotatable bonds is 9. The lowest BCUT2D eigenvalue weighted by Gasteiger charge is -2.34. The average molecular weight is 511 g/mol. The quantitative estimate of drug-likeness (QED) is 0.409. The van der Waals surface area contributed by atoms with Gasteiger partial charge in [0.05, 0.1) is 6.61 Å². The van der Waals surface area contributed by atoms with Crippen molar-refractivity contribution in [1.82, 2.24) is 9.80 Å². The van der Waals surface area contributed by atoms with Crippen molar-refractivity contribution in [2.75, 3.05) is 39.3 Å². The highest BCUT2D eigenvalue weighted by Crippen LogP contribution is 2.25. The van der Waals surface area contributed by atoms with E-state index in [2.05, 4.69) is 113 Å². The summed E-state index contributed by atoms with van der Waals surface area (Å²) < 4.78 is 38.0. The minimum Gasteiger partial charge on any atom is -0.375 e. The van der Waals surface area contributed by atoms with Gasteiger partial charge in [-0.1, -0.05) is 97.1 Å². The normalized spacial score (nSPS) is 14.6. The molecule has 0 atom stereocenters. The molecule has 1 heterocycles. The van der Waals surface area contributed by atoms with E-state index < -0.39 is 10.4 Å². The third-order valence-corrected chi connectivity index (χ3v) is 5.82. The van der Waals surface area contributed by atoms with Gasteiger partial charge in [-0.2, -0.15) is 8.42 Å². The molecule has 0 bridgehead atoms. The fourth-order valence-corrected chi connectivity index (χ4v) is 4.03. The second-order valence-electron chi connectivity index (χ2n) is 8.47. The van der Waals surface area contributed by atoms with Crippen LogP contribution in [0.2, 0.25) is 0 Å². The highest BCUT2D eigenvalue weighted by atomic mass is 32.3. The van der Waals surface area contributed by atoms with Gasteiger partial charge < -0.3 is 9.64 Å². The van der Waals surface area contributed by atoms with Crippen LogP contribution in [0.4, 0.5) is 0 Å². The highest BCUT2D eigenvalue weighted by Gasteiger charge is 2.17. The van der Waals surface area contributed by atoms with E-state index in [1.807, 2.05) is 0 Å². The molecule has 0 spiro atoms. The molecule has 0 aromatic heterocycles. The average Bonchev–Trinajstić information content (AvgIpc) is 2.88. The molecule has 0 saturated carbocycles. The molecule has 0 radical (unpaired) electrons. The van der Waals surface area contributed by atoms with Crippen LogP contribution < -0.4 is 0 Å². The molecule has 36 heavy (non-hydrogen) atoms. The lowest BCUT2D eigenvalue weighted by Crippen LogP contribution is -2.45. The summed E-state index contributed by atoms with van der Waals surface area (Å²) in [6, 6.07) is 31.7. The molecule has 192 valence electrons. The van der Waals surface area contributed by atoms with Gasteiger partial charge in [0.1, 0.15) is 6.10 Å². The van der Waals surface area contributed by atoms with Crippen LogP contribution in [0.15, 0.2) is 103 Å². The summed E-state index contributed by atoms with van der Waals surface area (Å²) in [4.78, 5) is 4.94. The third-order valence-electron chi connectivity index (χ3n) is 5.82. The monoisotopic (exact) mass is 510 g/mol. The van der Waals surface area contributed by atoms with Crippen molar-refractivity contribution in [3.63, 3.8) is 0 Å². The first kappa shape index (κ1) is 27.6. The van der Waals surface area contributed by atoms with E-state index in [4.69, 9.17) is 22.3 Å². The zero-order valence-corrected chi connectivity index (χ0v) is 21.1. The Bertz CT molecular complexity index is 1090. The number of ether oxygens (including phenoxy) is 1. The number of piperazine rings is 1. The molecule has 3 aromatic carbocycles. The molecule has 4 rings (SSSR count). The Morgan fingerprint density at radius 3 is 1.75 bits per heavy atom. The van der Waals surface area contributed by atoms with Crippen LogP contribution in [-0.2, 0) is 21.6 Å². The first-order chi connectivity index (χ1) is 17.4. The number of allylic oxidation sites excluding steroid dienone is 1. The van der Waals surface area contributed by atoms with E-state index in [1.165, 1.54) is 16.7 Å². The van der Waals surface area contributed by atoms with Gasteiger partial charge in [0.2, 0.25) is 0 Å². The molecule has 0 unspecified atom stereocenters. The second kappa shape index (κ2) is 14.5. The highest BCUT2D eigenvalue weighted by molar-refractivity contribution is 7.79. The molecule has 1 fully saturated rings. The summed E-state index contributed by atoms with van der Waals surface area (Å²) in [5.41, 5.74) is 3.78. The Kier molecular flexibility index (Phi) is 11.1. The standard InChI is InChI=1S/C28H32N2O.H2O4S/c1-4-11-25(12-5-1)13-10-18-29-19-21-30(22-20-29)23-24-31-28(26-14-6-2-7-15-26)27-16-8-3-9-17-27;1-5(2,3)4/h1-12,14-18,28H,13,19-24H2;(H2,1,2,3,4)/b18-10+;. The van der Waals surface area contributed by atoms with Crippen molar-refractivity contribution in [1.29, 1.82) is 0 Å². The van der Waals surface area contributed by atoms with Crippen LogP contribution in [0, 0.1) is 0 Å². The maximum absolute atomic E-state index is 8.74. The Morgan fingerprint density at radius 1 is 0.778 bits per heavy atom. The Morgan fingerprint density at radius 2 is 1.25 bits per heavy atom. The van der Waals surface area contributed by atoms with Gasteiger partial charge in [-0.05, 0) is 29.3 Å². The second-order valence-corrected chi connectivity index (χ2v) is 9.37. The lowest BCUT2D eigenvalue weighted by atomic mass is 10.0. The van der Waals surface area contributed by atoms with E-state index in [1.54, 1.807) is 0 Å². The minimum atomic E-state index is -4.67. The molecule has 8 heteroatoms. The Labute approximate surface area is 214 Å². The number of hydrogen-bond donors (Lipinski definition) is 2. The van der Waals surface area contributed by atoms with E-state index in [0.717, 1.165) is 45.8 Å². The van der Waals surface area contributed by atoms with Crippen LogP contribution >= 0.6 is 0 Å². The zero-order valence-electron chi connectivity index (χ0n) is 20.3. The van der Waals surface area contributed by atoms with E-state index >= 15 is 0 Å². The molecule has 1 aliphatic rings. The van der Waals surface area contributed by atoms with Gasteiger partial charge in [-0.25, -0.2) is 0 Å². The van der Waals surface area contributed by atoms with Crippen LogP contribution in [-0.4, -0.2) is 66.7 Å². The predicted molar refractivity (Wildman–Crippen MR) is 142 cm³/mol. The van der Waals surface area contributed by atoms with E-state index in [0.29, 0.717) is 0 Å². The van der Waals surface area contributed by atoms with Gasteiger partial charge in [-0.15, -0.1) is 0 Å². The molecule has 0 amide bonds. The summed E-state index contributed by atoms with van der Waals surface area (Å²) in [5, 5.41) is 0. The summed E-state index contributed by atoms with van der Waals surface area (Å²) in [7, 11) is -4.67. The van der Waals surface area contributed by atoms with Crippen molar-refractivity contribution >= 4 is 10.4 Å². The van der Waals surface area contributed by atoms with Crippen LogP contribution in [0.5, 0.6) is 0 Å². The van der Waals surface area contributed by atoms with Gasteiger partial charge in [0.15, 0.2) is 0 Å². The summed E-state index contributed by atoms with van der Waals surface area (Å²) in [5.74, 6) is 0. The Balaban J connectivity index is 0.000000658. The van der Waals surface area contributed by atoms with Gasteiger partial charge in [0.25, 0.3) is 0 Å². The first-order valence-corrected chi connectivity index (χ1v) is 13.4. The minimum absolute atomic E-state index is 0.00962. The van der Waals surface area contributed by atoms with E-state index in [-0.39, 0.29) is 6.10 Å². The van der Waals surface area contributed by atoms with Crippen molar-refractivity contribution in [2.45, 2.75) is 12.5 Å². The maximum Gasteiger partial charge on any atom is 0.394 e. The molecule has 3 aromatic rings. The number of nitrogens with zero attached hydrogens (tertiary/aromatic N) is 2. The van der Waals surface area contributed by atoms with Crippen molar-refractivity contribution in [3.05, 3.63) is 120 Å². The van der Waals surface area contributed by atoms with Crippen molar-refractivity contribution in [3.8, 4) is 0 Å². The maximum atomic E-state index is 8.74.